The summed E-state index contributed by atoms with van der Waals surface area (Å²) in [6.07, 6.45) is 1.05. The second-order valence-electron chi connectivity index (χ2n) is 9.59. The van der Waals surface area contributed by atoms with Crippen LogP contribution in [0.4, 0.5) is 5.69 Å². The van der Waals surface area contributed by atoms with E-state index in [4.69, 9.17) is 46.4 Å². The Hall–Kier alpha value is -2.38. The van der Waals surface area contributed by atoms with Crippen molar-refractivity contribution in [2.24, 2.45) is 0 Å². The van der Waals surface area contributed by atoms with Gasteiger partial charge in [0.05, 0.1) is 6.04 Å². The molecule has 0 amide bonds. The number of thioether (sulfide) groups is 1. The average molecular weight is 632 g/mol. The molecule has 0 saturated carbocycles. The van der Waals surface area contributed by atoms with Crippen molar-refractivity contribution in [1.29, 1.82) is 0 Å². The van der Waals surface area contributed by atoms with Crippen LogP contribution < -0.4 is 10.6 Å². The minimum Gasteiger partial charge on any atom is -0.480 e. The molecule has 1 heterocycles. The average Bonchev–Trinajstić information content (AvgIpc) is 2.92. The van der Waals surface area contributed by atoms with Crippen molar-refractivity contribution in [1.82, 2.24) is 5.32 Å². The predicted molar refractivity (Wildman–Crippen MR) is 167 cm³/mol. The Bertz CT molecular complexity index is 1480. The third-order valence-corrected chi connectivity index (χ3v) is 9.58. The number of carboxylic acids is 1. The Morgan fingerprint density at radius 1 is 0.900 bits per heavy atom. The van der Waals surface area contributed by atoms with E-state index in [9.17, 15) is 9.90 Å². The molecule has 3 N–H and O–H groups in total. The minimum atomic E-state index is -0.942. The lowest BCUT2D eigenvalue weighted by Crippen LogP contribution is -2.38. The fourth-order valence-electron chi connectivity index (χ4n) is 4.94. The van der Waals surface area contributed by atoms with Gasteiger partial charge in [-0.15, -0.1) is 11.8 Å². The molecular formula is C31H26Cl4N2O2S. The number of fused-ring (bicyclic) bond motifs is 1. The van der Waals surface area contributed by atoms with Gasteiger partial charge in [0.15, 0.2) is 0 Å². The number of anilines is 1. The molecular weight excluding hydrogens is 606 g/mol. The highest BCUT2D eigenvalue weighted by molar-refractivity contribution is 7.99. The van der Waals surface area contributed by atoms with Crippen molar-refractivity contribution < 1.29 is 9.90 Å². The van der Waals surface area contributed by atoms with Gasteiger partial charge in [-0.2, -0.15) is 0 Å². The first kappa shape index (κ1) is 29.1. The van der Waals surface area contributed by atoms with Crippen LogP contribution in [0.1, 0.15) is 40.0 Å². The summed E-state index contributed by atoms with van der Waals surface area (Å²) < 4.78 is 0. The second-order valence-corrected chi connectivity index (χ2v) is 12.5. The lowest BCUT2D eigenvalue weighted by Gasteiger charge is -2.34. The number of carbonyl (C=O) groups is 1. The SMILES string of the molecule is O=C(O)C(Cc1ccc2c(c1)C(Sc1ccccc1)CC(c1c(Cl)cccc1Cl)N2)NCc1c(Cl)cccc1Cl. The number of halogens is 4. The van der Waals surface area contributed by atoms with Gasteiger partial charge in [-0.3, -0.25) is 10.1 Å². The fourth-order valence-corrected chi connectivity index (χ4v) is 7.39. The van der Waals surface area contributed by atoms with E-state index in [1.807, 2.05) is 48.5 Å². The van der Waals surface area contributed by atoms with Crippen LogP contribution in [0.5, 0.6) is 0 Å². The van der Waals surface area contributed by atoms with Crippen LogP contribution in [-0.2, 0) is 17.8 Å². The maximum atomic E-state index is 12.2. The van der Waals surface area contributed by atoms with Crippen LogP contribution in [0.25, 0.3) is 0 Å². The van der Waals surface area contributed by atoms with Crippen LogP contribution in [-0.4, -0.2) is 17.1 Å². The molecule has 40 heavy (non-hydrogen) atoms. The molecule has 4 aromatic carbocycles. The van der Waals surface area contributed by atoms with Gasteiger partial charge in [0.25, 0.3) is 0 Å². The van der Waals surface area contributed by atoms with E-state index in [-0.39, 0.29) is 17.8 Å². The van der Waals surface area contributed by atoms with Gasteiger partial charge in [-0.1, -0.05) is 88.9 Å². The summed E-state index contributed by atoms with van der Waals surface area (Å²) in [4.78, 5) is 13.3. The van der Waals surface area contributed by atoms with E-state index in [1.165, 1.54) is 0 Å². The van der Waals surface area contributed by atoms with Crippen LogP contribution in [0, 0.1) is 0 Å². The summed E-state index contributed by atoms with van der Waals surface area (Å²) in [5.41, 5.74) is 4.57. The summed E-state index contributed by atoms with van der Waals surface area (Å²) in [6.45, 7) is 0.245. The lowest BCUT2D eigenvalue weighted by molar-refractivity contribution is -0.139. The molecule has 0 fully saturated rings. The molecule has 1 aliphatic heterocycles. The highest BCUT2D eigenvalue weighted by Gasteiger charge is 2.31. The molecule has 5 rings (SSSR count). The number of benzene rings is 4. The molecule has 0 saturated heterocycles. The summed E-state index contributed by atoms with van der Waals surface area (Å²) in [7, 11) is 0. The zero-order chi connectivity index (χ0) is 28.2. The zero-order valence-corrected chi connectivity index (χ0v) is 25.1. The summed E-state index contributed by atoms with van der Waals surface area (Å²) in [6, 6.07) is 26.2. The monoisotopic (exact) mass is 630 g/mol. The first-order chi connectivity index (χ1) is 19.3. The number of hydrogen-bond acceptors (Lipinski definition) is 4. The minimum absolute atomic E-state index is 0.0745. The normalized spacial score (nSPS) is 17.1. The van der Waals surface area contributed by atoms with Gasteiger partial charge in [-0.25, -0.2) is 0 Å². The van der Waals surface area contributed by atoms with Crippen LogP contribution in [0.3, 0.4) is 0 Å². The summed E-state index contributed by atoms with van der Waals surface area (Å²) in [5, 5.41) is 19.1. The number of aliphatic carboxylic acids is 1. The molecule has 0 radical (unpaired) electrons. The van der Waals surface area contributed by atoms with Crippen molar-refractivity contribution in [3.8, 4) is 0 Å². The number of carboxylic acid groups (broad SMARTS) is 1. The maximum absolute atomic E-state index is 12.2. The number of hydrogen-bond donors (Lipinski definition) is 3. The fraction of sp³-hybridized carbons (Fsp3) is 0.194. The second kappa shape index (κ2) is 13.1. The van der Waals surface area contributed by atoms with E-state index >= 15 is 0 Å². The third kappa shape index (κ3) is 6.73. The van der Waals surface area contributed by atoms with Crippen molar-refractivity contribution in [3.05, 3.63) is 127 Å². The number of rotatable bonds is 9. The van der Waals surface area contributed by atoms with Crippen LogP contribution in [0.15, 0.2) is 89.8 Å². The predicted octanol–water partition coefficient (Wildman–Crippen LogP) is 9.48. The van der Waals surface area contributed by atoms with E-state index < -0.39 is 12.0 Å². The standard InChI is InChI=1S/C31H26Cl4N2O2S/c32-22-8-4-9-23(33)21(22)17-36-28(31(38)39)15-18-12-13-26-20(14-18)29(40-19-6-2-1-3-7-19)16-27(37-26)30-24(34)10-5-11-25(30)35/h1-14,27-29,36-37H,15-17H2,(H,38,39). The van der Waals surface area contributed by atoms with Gasteiger partial charge in [0.2, 0.25) is 0 Å². The molecule has 0 aliphatic carbocycles. The van der Waals surface area contributed by atoms with Crippen molar-refractivity contribution >= 4 is 69.8 Å². The van der Waals surface area contributed by atoms with E-state index in [2.05, 4.69) is 28.8 Å². The Morgan fingerprint density at radius 2 is 1.55 bits per heavy atom. The van der Waals surface area contributed by atoms with Gasteiger partial charge in [0, 0.05) is 53.6 Å². The topological polar surface area (TPSA) is 61.4 Å². The molecule has 0 spiro atoms. The molecule has 206 valence electrons. The summed E-state index contributed by atoms with van der Waals surface area (Å²) in [5.74, 6) is -0.942. The first-order valence-electron chi connectivity index (χ1n) is 12.7. The molecule has 9 heteroatoms. The Kier molecular flexibility index (Phi) is 9.52. The Balaban J connectivity index is 1.42. The Morgan fingerprint density at radius 3 is 2.20 bits per heavy atom. The third-order valence-electron chi connectivity index (χ3n) is 6.94. The number of nitrogens with one attached hydrogen (secondary N) is 2. The molecule has 0 bridgehead atoms. The van der Waals surface area contributed by atoms with Gasteiger partial charge in [0.1, 0.15) is 6.04 Å². The van der Waals surface area contributed by atoms with E-state index in [0.29, 0.717) is 32.1 Å². The van der Waals surface area contributed by atoms with Crippen LogP contribution >= 0.6 is 58.2 Å². The highest BCUT2D eigenvalue weighted by atomic mass is 35.5. The van der Waals surface area contributed by atoms with Gasteiger partial charge in [-0.05, 0) is 66.4 Å². The molecule has 1 aliphatic rings. The van der Waals surface area contributed by atoms with Crippen molar-refractivity contribution in [3.63, 3.8) is 0 Å². The van der Waals surface area contributed by atoms with E-state index in [0.717, 1.165) is 33.7 Å². The van der Waals surface area contributed by atoms with Crippen molar-refractivity contribution in [2.75, 3.05) is 5.32 Å². The molecule has 3 unspecified atom stereocenters. The molecule has 0 aromatic heterocycles. The summed E-state index contributed by atoms with van der Waals surface area (Å²) >= 11 is 27.5. The molecule has 4 aromatic rings. The molecule has 4 nitrogen and oxygen atoms in total. The first-order valence-corrected chi connectivity index (χ1v) is 15.1. The molecule has 3 atom stereocenters. The van der Waals surface area contributed by atoms with E-state index in [1.54, 1.807) is 30.0 Å². The largest absolute Gasteiger partial charge is 0.480 e. The smallest absolute Gasteiger partial charge is 0.321 e. The van der Waals surface area contributed by atoms with Crippen LogP contribution in [0.2, 0.25) is 20.1 Å². The van der Waals surface area contributed by atoms with Crippen molar-refractivity contribution in [2.45, 2.75) is 41.6 Å². The maximum Gasteiger partial charge on any atom is 0.321 e. The van der Waals surface area contributed by atoms with Gasteiger partial charge >= 0.3 is 5.97 Å². The van der Waals surface area contributed by atoms with Gasteiger partial charge < -0.3 is 10.4 Å². The quantitative estimate of drug-likeness (QED) is 0.172. The Labute approximate surface area is 258 Å². The zero-order valence-electron chi connectivity index (χ0n) is 21.2. The lowest BCUT2D eigenvalue weighted by atomic mass is 9.91. The highest BCUT2D eigenvalue weighted by Crippen LogP contribution is 2.50.